The van der Waals surface area contributed by atoms with E-state index >= 15 is 0 Å². The summed E-state index contributed by atoms with van der Waals surface area (Å²) < 4.78 is 0.665. The first-order chi connectivity index (χ1) is 8.52. The Balaban J connectivity index is 2.42. The molecule has 0 bridgehead atoms. The largest absolute Gasteiger partial charge is 0.330 e. The van der Waals surface area contributed by atoms with E-state index in [0.29, 0.717) is 34.2 Å². The molecule has 0 aliphatic heterocycles. The van der Waals surface area contributed by atoms with Crippen molar-refractivity contribution in [2.75, 3.05) is 11.9 Å². The second-order valence-electron chi connectivity index (χ2n) is 4.27. The van der Waals surface area contributed by atoms with Crippen molar-refractivity contribution < 1.29 is 4.79 Å². The molecule has 3 N–H and O–H groups in total. The average Bonchev–Trinajstić information content (AvgIpc) is 2.32. The van der Waals surface area contributed by atoms with E-state index in [2.05, 4.69) is 33.2 Å². The van der Waals surface area contributed by atoms with Gasteiger partial charge in [0.05, 0.1) is 16.4 Å². The van der Waals surface area contributed by atoms with E-state index in [1.807, 2.05) is 0 Å². The van der Waals surface area contributed by atoms with E-state index in [-0.39, 0.29) is 5.91 Å². The fraction of sp³-hybridized carbons (Fsp3) is 0.500. The number of halogens is 2. The van der Waals surface area contributed by atoms with Crippen molar-refractivity contribution in [3.8, 4) is 0 Å². The summed E-state index contributed by atoms with van der Waals surface area (Å²) >= 11 is 9.03. The van der Waals surface area contributed by atoms with Crippen LogP contribution in [0.5, 0.6) is 0 Å². The van der Waals surface area contributed by atoms with Gasteiger partial charge >= 0.3 is 0 Å². The third-order valence-corrected chi connectivity index (χ3v) is 3.74. The summed E-state index contributed by atoms with van der Waals surface area (Å²) in [5.41, 5.74) is 6.11. The molecular formula is C12H17BrClN3O. The fourth-order valence-corrected chi connectivity index (χ4v) is 1.97. The van der Waals surface area contributed by atoms with Crippen LogP contribution in [0.1, 0.15) is 26.2 Å². The van der Waals surface area contributed by atoms with Gasteiger partial charge in [-0.3, -0.25) is 4.79 Å². The van der Waals surface area contributed by atoms with Crippen molar-refractivity contribution in [3.63, 3.8) is 0 Å². The summed E-state index contributed by atoms with van der Waals surface area (Å²) in [6, 6.07) is 1.73. The number of carbonyl (C=O) groups excluding carboxylic acids is 1. The normalized spacial score (nSPS) is 12.2. The Morgan fingerprint density at radius 2 is 2.33 bits per heavy atom. The quantitative estimate of drug-likeness (QED) is 0.785. The van der Waals surface area contributed by atoms with Gasteiger partial charge in [-0.2, -0.15) is 0 Å². The number of rotatable bonds is 6. The highest BCUT2D eigenvalue weighted by Crippen LogP contribution is 2.23. The molecule has 1 atom stereocenters. The number of hydrogen-bond donors (Lipinski definition) is 2. The van der Waals surface area contributed by atoms with Gasteiger partial charge in [-0.15, -0.1) is 0 Å². The second-order valence-corrected chi connectivity index (χ2v) is 5.48. The number of aromatic nitrogens is 1. The first-order valence-corrected chi connectivity index (χ1v) is 7.01. The molecule has 18 heavy (non-hydrogen) atoms. The molecule has 1 rings (SSSR count). The first kappa shape index (κ1) is 15.4. The molecule has 0 fully saturated rings. The molecule has 0 spiro atoms. The summed E-state index contributed by atoms with van der Waals surface area (Å²) in [6.45, 7) is 2.76. The van der Waals surface area contributed by atoms with Crippen LogP contribution in [0.3, 0.4) is 0 Å². The Morgan fingerprint density at radius 1 is 1.61 bits per heavy atom. The molecule has 0 saturated heterocycles. The third-order valence-electron chi connectivity index (χ3n) is 2.60. The van der Waals surface area contributed by atoms with Crippen molar-refractivity contribution in [2.45, 2.75) is 26.2 Å². The molecule has 100 valence electrons. The molecule has 1 aromatic heterocycles. The Bertz CT molecular complexity index is 414. The maximum atomic E-state index is 11.7. The predicted molar refractivity (Wildman–Crippen MR) is 77.6 cm³/mol. The molecule has 0 aromatic carbocycles. The Hall–Kier alpha value is -0.650. The van der Waals surface area contributed by atoms with Crippen LogP contribution in [-0.4, -0.2) is 17.4 Å². The van der Waals surface area contributed by atoms with Gasteiger partial charge in [-0.1, -0.05) is 18.5 Å². The maximum Gasteiger partial charge on any atom is 0.224 e. The van der Waals surface area contributed by atoms with Gasteiger partial charge in [0.25, 0.3) is 0 Å². The van der Waals surface area contributed by atoms with Crippen LogP contribution >= 0.6 is 27.5 Å². The number of hydrogen-bond acceptors (Lipinski definition) is 3. The van der Waals surface area contributed by atoms with Gasteiger partial charge in [0.1, 0.15) is 5.15 Å². The Morgan fingerprint density at radius 3 is 2.94 bits per heavy atom. The van der Waals surface area contributed by atoms with Crippen LogP contribution in [0, 0.1) is 5.92 Å². The van der Waals surface area contributed by atoms with Crippen LogP contribution in [0.4, 0.5) is 5.69 Å². The zero-order valence-corrected chi connectivity index (χ0v) is 12.6. The molecule has 0 saturated carbocycles. The van der Waals surface area contributed by atoms with Crippen molar-refractivity contribution in [1.82, 2.24) is 4.98 Å². The Kier molecular flexibility index (Phi) is 6.60. The second kappa shape index (κ2) is 7.71. The van der Waals surface area contributed by atoms with E-state index < -0.39 is 0 Å². The summed E-state index contributed by atoms with van der Waals surface area (Å²) in [5, 5.41) is 3.17. The lowest BCUT2D eigenvalue weighted by molar-refractivity contribution is -0.116. The summed E-state index contributed by atoms with van der Waals surface area (Å²) in [4.78, 5) is 15.6. The Labute approximate surface area is 120 Å². The molecule has 1 amide bonds. The van der Waals surface area contributed by atoms with Crippen molar-refractivity contribution in [2.24, 2.45) is 11.7 Å². The van der Waals surface area contributed by atoms with Crippen molar-refractivity contribution in [3.05, 3.63) is 21.9 Å². The summed E-state index contributed by atoms with van der Waals surface area (Å²) in [5.74, 6) is 0.450. The monoisotopic (exact) mass is 333 g/mol. The van der Waals surface area contributed by atoms with E-state index in [0.717, 1.165) is 12.8 Å². The number of nitrogens with zero attached hydrogens (tertiary/aromatic N) is 1. The number of carbonyl (C=O) groups is 1. The van der Waals surface area contributed by atoms with Crippen LogP contribution in [0.25, 0.3) is 0 Å². The lowest BCUT2D eigenvalue weighted by Crippen LogP contribution is -2.14. The molecule has 1 aromatic rings. The van der Waals surface area contributed by atoms with Gasteiger partial charge < -0.3 is 11.1 Å². The van der Waals surface area contributed by atoms with Gasteiger partial charge in [-0.05, 0) is 47.3 Å². The standard InChI is InChI=1S/C12H17BrClN3O/c1-8(4-5-15)2-3-11(18)17-9-6-10(13)12(14)16-7-9/h6-8H,2-5,15H2,1H3,(H,17,18). The molecule has 1 unspecified atom stereocenters. The predicted octanol–water partition coefficient (Wildman–Crippen LogP) is 3.20. The molecule has 1 heterocycles. The van der Waals surface area contributed by atoms with E-state index in [4.69, 9.17) is 17.3 Å². The van der Waals surface area contributed by atoms with Crippen LogP contribution in [0.15, 0.2) is 16.7 Å². The van der Waals surface area contributed by atoms with E-state index in [1.54, 1.807) is 6.07 Å². The molecule has 0 radical (unpaired) electrons. The lowest BCUT2D eigenvalue weighted by Gasteiger charge is -2.10. The number of anilines is 1. The topological polar surface area (TPSA) is 68.0 Å². The smallest absolute Gasteiger partial charge is 0.224 e. The van der Waals surface area contributed by atoms with E-state index in [9.17, 15) is 4.79 Å². The third kappa shape index (κ3) is 5.33. The zero-order chi connectivity index (χ0) is 13.5. The summed E-state index contributed by atoms with van der Waals surface area (Å²) in [6.07, 6.45) is 3.81. The minimum atomic E-state index is -0.0186. The minimum absolute atomic E-state index is 0.0186. The molecule has 6 heteroatoms. The van der Waals surface area contributed by atoms with Gasteiger partial charge in [0, 0.05) is 6.42 Å². The highest BCUT2D eigenvalue weighted by atomic mass is 79.9. The van der Waals surface area contributed by atoms with Crippen LogP contribution < -0.4 is 11.1 Å². The number of amides is 1. The minimum Gasteiger partial charge on any atom is -0.330 e. The molecule has 0 aliphatic carbocycles. The summed E-state index contributed by atoms with van der Waals surface area (Å²) in [7, 11) is 0. The van der Waals surface area contributed by atoms with Gasteiger partial charge in [0.15, 0.2) is 0 Å². The molecular weight excluding hydrogens is 318 g/mol. The average molecular weight is 335 g/mol. The number of pyridine rings is 1. The SMILES string of the molecule is CC(CCN)CCC(=O)Nc1cnc(Cl)c(Br)c1. The van der Waals surface area contributed by atoms with Crippen molar-refractivity contribution in [1.29, 1.82) is 0 Å². The van der Waals surface area contributed by atoms with E-state index in [1.165, 1.54) is 6.20 Å². The fourth-order valence-electron chi connectivity index (χ4n) is 1.52. The zero-order valence-electron chi connectivity index (χ0n) is 10.2. The van der Waals surface area contributed by atoms with Crippen LogP contribution in [-0.2, 0) is 4.79 Å². The van der Waals surface area contributed by atoms with Crippen LogP contribution in [0.2, 0.25) is 5.15 Å². The lowest BCUT2D eigenvalue weighted by atomic mass is 10.0. The number of nitrogens with two attached hydrogens (primary N) is 1. The van der Waals surface area contributed by atoms with Gasteiger partial charge in [-0.25, -0.2) is 4.98 Å². The first-order valence-electron chi connectivity index (χ1n) is 5.84. The number of nitrogens with one attached hydrogen (secondary N) is 1. The van der Waals surface area contributed by atoms with Crippen molar-refractivity contribution >= 4 is 39.1 Å². The van der Waals surface area contributed by atoms with Gasteiger partial charge in [0.2, 0.25) is 5.91 Å². The highest BCUT2D eigenvalue weighted by molar-refractivity contribution is 9.10. The maximum absolute atomic E-state index is 11.7. The highest BCUT2D eigenvalue weighted by Gasteiger charge is 2.08. The molecule has 0 aliphatic rings. The molecule has 4 nitrogen and oxygen atoms in total.